The Labute approximate surface area is 117 Å². The molecule has 0 aliphatic heterocycles. The molecular weight excluding hydrogens is 234 g/mol. The van der Waals surface area contributed by atoms with Crippen molar-refractivity contribution < 1.29 is 0 Å². The Morgan fingerprint density at radius 2 is 2.00 bits per heavy atom. The average Bonchev–Trinajstić information content (AvgIpc) is 2.39. The molecule has 0 radical (unpaired) electrons. The lowest BCUT2D eigenvalue weighted by atomic mass is 10.2. The van der Waals surface area contributed by atoms with E-state index in [-0.39, 0.29) is 0 Å². The standard InChI is InChI=1S/C16H25N3/c1-5-9-19(10-6-2)16-13-17-8-7-15(16)12-18-11-14(3)4/h5-8,13-14,18H,1-2,9-12H2,3-4H3. The molecule has 0 aliphatic carbocycles. The van der Waals surface area contributed by atoms with E-state index in [2.05, 4.69) is 48.3 Å². The van der Waals surface area contributed by atoms with Gasteiger partial charge in [0.1, 0.15) is 0 Å². The second kappa shape index (κ2) is 8.48. The third-order valence-electron chi connectivity index (χ3n) is 2.80. The second-order valence-corrected chi connectivity index (χ2v) is 5.01. The predicted octanol–water partition coefficient (Wildman–Crippen LogP) is 3.01. The van der Waals surface area contributed by atoms with Crippen LogP contribution in [0.2, 0.25) is 0 Å². The zero-order valence-corrected chi connectivity index (χ0v) is 12.1. The molecule has 0 saturated carbocycles. The molecule has 0 fully saturated rings. The van der Waals surface area contributed by atoms with Crippen LogP contribution in [0.5, 0.6) is 0 Å². The molecule has 1 rings (SSSR count). The number of rotatable bonds is 9. The number of pyridine rings is 1. The molecule has 1 aromatic heterocycles. The number of anilines is 1. The fraction of sp³-hybridized carbons (Fsp3) is 0.438. The molecule has 0 spiro atoms. The molecule has 1 heterocycles. The van der Waals surface area contributed by atoms with E-state index in [1.165, 1.54) is 5.56 Å². The summed E-state index contributed by atoms with van der Waals surface area (Å²) in [7, 11) is 0. The summed E-state index contributed by atoms with van der Waals surface area (Å²) in [4.78, 5) is 6.46. The van der Waals surface area contributed by atoms with Gasteiger partial charge in [0, 0.05) is 25.8 Å². The highest BCUT2D eigenvalue weighted by atomic mass is 15.1. The molecule has 3 heteroatoms. The lowest BCUT2D eigenvalue weighted by Crippen LogP contribution is -2.26. The van der Waals surface area contributed by atoms with Crippen LogP contribution in [0.3, 0.4) is 0 Å². The predicted molar refractivity (Wildman–Crippen MR) is 83.4 cm³/mol. The van der Waals surface area contributed by atoms with Crippen LogP contribution >= 0.6 is 0 Å². The normalized spacial score (nSPS) is 10.5. The minimum Gasteiger partial charge on any atom is -0.363 e. The van der Waals surface area contributed by atoms with Crippen LogP contribution in [0.4, 0.5) is 5.69 Å². The molecule has 1 aromatic rings. The van der Waals surface area contributed by atoms with Crippen LogP contribution in [-0.2, 0) is 6.54 Å². The summed E-state index contributed by atoms with van der Waals surface area (Å²) in [5, 5.41) is 3.47. The quantitative estimate of drug-likeness (QED) is 0.691. The van der Waals surface area contributed by atoms with Crippen molar-refractivity contribution in [1.29, 1.82) is 0 Å². The summed E-state index contributed by atoms with van der Waals surface area (Å²) >= 11 is 0. The lowest BCUT2D eigenvalue weighted by Gasteiger charge is -2.24. The highest BCUT2D eigenvalue weighted by Gasteiger charge is 2.09. The smallest absolute Gasteiger partial charge is 0.0603 e. The van der Waals surface area contributed by atoms with E-state index in [9.17, 15) is 0 Å². The minimum absolute atomic E-state index is 0.655. The first-order valence-electron chi connectivity index (χ1n) is 6.79. The Morgan fingerprint density at radius 3 is 2.58 bits per heavy atom. The van der Waals surface area contributed by atoms with E-state index in [1.807, 2.05) is 24.5 Å². The summed E-state index contributed by atoms with van der Waals surface area (Å²) in [5.74, 6) is 0.655. The van der Waals surface area contributed by atoms with E-state index in [4.69, 9.17) is 0 Å². The van der Waals surface area contributed by atoms with E-state index in [0.29, 0.717) is 5.92 Å². The molecule has 1 N–H and O–H groups in total. The van der Waals surface area contributed by atoms with Crippen LogP contribution < -0.4 is 10.2 Å². The third-order valence-corrected chi connectivity index (χ3v) is 2.80. The van der Waals surface area contributed by atoms with Crippen LogP contribution in [0.15, 0.2) is 43.8 Å². The van der Waals surface area contributed by atoms with Gasteiger partial charge in [-0.2, -0.15) is 0 Å². The van der Waals surface area contributed by atoms with Crippen molar-refractivity contribution in [2.75, 3.05) is 24.5 Å². The van der Waals surface area contributed by atoms with Crippen molar-refractivity contribution >= 4 is 5.69 Å². The average molecular weight is 259 g/mol. The van der Waals surface area contributed by atoms with Gasteiger partial charge in [-0.25, -0.2) is 0 Å². The van der Waals surface area contributed by atoms with Crippen molar-refractivity contribution in [3.8, 4) is 0 Å². The maximum absolute atomic E-state index is 4.24. The van der Waals surface area contributed by atoms with E-state index < -0.39 is 0 Å². The highest BCUT2D eigenvalue weighted by Crippen LogP contribution is 2.19. The lowest BCUT2D eigenvalue weighted by molar-refractivity contribution is 0.552. The van der Waals surface area contributed by atoms with Gasteiger partial charge >= 0.3 is 0 Å². The third kappa shape index (κ3) is 5.26. The number of hydrogen-bond donors (Lipinski definition) is 1. The zero-order valence-electron chi connectivity index (χ0n) is 12.1. The van der Waals surface area contributed by atoms with Gasteiger partial charge < -0.3 is 10.2 Å². The topological polar surface area (TPSA) is 28.2 Å². The van der Waals surface area contributed by atoms with Crippen LogP contribution in [0.1, 0.15) is 19.4 Å². The molecule has 0 saturated heterocycles. The summed E-state index contributed by atoms with van der Waals surface area (Å²) in [6.45, 7) is 15.5. The SMILES string of the molecule is C=CCN(CC=C)c1cnccc1CNCC(C)C. The highest BCUT2D eigenvalue weighted by molar-refractivity contribution is 5.52. The maximum atomic E-state index is 4.24. The van der Waals surface area contributed by atoms with E-state index >= 15 is 0 Å². The molecule has 0 bridgehead atoms. The molecular formula is C16H25N3. The van der Waals surface area contributed by atoms with Crippen molar-refractivity contribution in [3.05, 3.63) is 49.3 Å². The largest absolute Gasteiger partial charge is 0.363 e. The molecule has 0 aromatic carbocycles. The molecule has 0 aliphatic rings. The van der Waals surface area contributed by atoms with Crippen molar-refractivity contribution in [2.24, 2.45) is 5.92 Å². The van der Waals surface area contributed by atoms with Crippen LogP contribution in [0.25, 0.3) is 0 Å². The maximum Gasteiger partial charge on any atom is 0.0603 e. The summed E-state index contributed by atoms with van der Waals surface area (Å²) in [5.41, 5.74) is 2.41. The van der Waals surface area contributed by atoms with Crippen molar-refractivity contribution in [3.63, 3.8) is 0 Å². The number of hydrogen-bond acceptors (Lipinski definition) is 3. The molecule has 3 nitrogen and oxygen atoms in total. The first-order valence-corrected chi connectivity index (χ1v) is 6.79. The Balaban J connectivity index is 2.80. The Bertz CT molecular complexity index is 389. The zero-order chi connectivity index (χ0) is 14.1. The Hall–Kier alpha value is -1.61. The van der Waals surface area contributed by atoms with Gasteiger partial charge in [0.2, 0.25) is 0 Å². The van der Waals surface area contributed by atoms with Gasteiger partial charge in [0.05, 0.1) is 11.9 Å². The molecule has 104 valence electrons. The van der Waals surface area contributed by atoms with Crippen molar-refractivity contribution in [2.45, 2.75) is 20.4 Å². The second-order valence-electron chi connectivity index (χ2n) is 5.01. The monoisotopic (exact) mass is 259 g/mol. The van der Waals surface area contributed by atoms with Crippen molar-refractivity contribution in [1.82, 2.24) is 10.3 Å². The Kier molecular flexibility index (Phi) is 6.90. The molecule has 0 unspecified atom stereocenters. The minimum atomic E-state index is 0.655. The fourth-order valence-electron chi connectivity index (χ4n) is 1.93. The number of nitrogens with zero attached hydrogens (tertiary/aromatic N) is 2. The van der Waals surface area contributed by atoms with Crippen LogP contribution in [0, 0.1) is 5.92 Å². The summed E-state index contributed by atoms with van der Waals surface area (Å²) < 4.78 is 0. The number of aromatic nitrogens is 1. The summed E-state index contributed by atoms with van der Waals surface area (Å²) in [6, 6.07) is 2.07. The van der Waals surface area contributed by atoms with Gasteiger partial charge in [0.15, 0.2) is 0 Å². The van der Waals surface area contributed by atoms with Gasteiger partial charge in [-0.15, -0.1) is 13.2 Å². The van der Waals surface area contributed by atoms with Gasteiger partial charge in [-0.3, -0.25) is 4.98 Å². The molecule has 19 heavy (non-hydrogen) atoms. The summed E-state index contributed by atoms with van der Waals surface area (Å²) in [6.07, 6.45) is 7.57. The number of nitrogens with one attached hydrogen (secondary N) is 1. The first kappa shape index (κ1) is 15.4. The molecule has 0 atom stereocenters. The van der Waals surface area contributed by atoms with Gasteiger partial charge in [-0.05, 0) is 24.1 Å². The first-order chi connectivity index (χ1) is 9.19. The molecule has 0 amide bonds. The van der Waals surface area contributed by atoms with E-state index in [1.54, 1.807) is 0 Å². The van der Waals surface area contributed by atoms with Gasteiger partial charge in [0.25, 0.3) is 0 Å². The van der Waals surface area contributed by atoms with Crippen LogP contribution in [-0.4, -0.2) is 24.6 Å². The Morgan fingerprint density at radius 1 is 1.32 bits per heavy atom. The van der Waals surface area contributed by atoms with Gasteiger partial charge in [-0.1, -0.05) is 26.0 Å². The fourth-order valence-corrected chi connectivity index (χ4v) is 1.93. The van der Waals surface area contributed by atoms with E-state index in [0.717, 1.165) is 31.9 Å².